The molecule has 0 bridgehead atoms. The first-order valence-electron chi connectivity index (χ1n) is 13.0. The van der Waals surface area contributed by atoms with Crippen LogP contribution in [0.5, 0.6) is 0 Å². The number of nitrogens with two attached hydrogens (primary N) is 1. The van der Waals surface area contributed by atoms with E-state index in [1.807, 2.05) is 97.2 Å². The van der Waals surface area contributed by atoms with Gasteiger partial charge in [-0.05, 0) is 24.0 Å². The van der Waals surface area contributed by atoms with Crippen molar-refractivity contribution < 1.29 is 19.1 Å². The molecule has 0 spiro atoms. The number of nitrogens with one attached hydrogen (secondary N) is 2. The second-order valence-electron chi connectivity index (χ2n) is 9.29. The Morgan fingerprint density at radius 3 is 2.10 bits per heavy atom. The Morgan fingerprint density at radius 2 is 1.45 bits per heavy atom. The second-order valence-corrected chi connectivity index (χ2v) is 9.29. The van der Waals surface area contributed by atoms with Gasteiger partial charge in [0.15, 0.2) is 0 Å². The summed E-state index contributed by atoms with van der Waals surface area (Å²) in [6.07, 6.45) is 2.08. The topological polar surface area (TPSA) is 141 Å². The number of alkyl carbamates (subject to hydrolysis) is 1. The molecule has 0 saturated heterocycles. The first-order valence-corrected chi connectivity index (χ1v) is 13.0. The summed E-state index contributed by atoms with van der Waals surface area (Å²) in [6, 6.07) is 26.2. The number of nitrogens with zero attached hydrogens (tertiary/aromatic N) is 3. The quantitative estimate of drug-likeness (QED) is 0.238. The van der Waals surface area contributed by atoms with Crippen molar-refractivity contribution in [1.29, 1.82) is 0 Å². The van der Waals surface area contributed by atoms with Gasteiger partial charge in [0, 0.05) is 18.5 Å². The van der Waals surface area contributed by atoms with Crippen molar-refractivity contribution in [1.82, 2.24) is 25.6 Å². The number of hydrogen-bond donors (Lipinski definition) is 3. The number of carbonyl (C=O) groups is 3. The van der Waals surface area contributed by atoms with Crippen molar-refractivity contribution in [2.24, 2.45) is 5.73 Å². The van der Waals surface area contributed by atoms with E-state index in [1.165, 1.54) is 0 Å². The number of aryl methyl sites for hydroxylation is 1. The van der Waals surface area contributed by atoms with E-state index in [2.05, 4.69) is 20.9 Å². The average molecular weight is 541 g/mol. The number of primary amides is 1. The Bertz CT molecular complexity index is 1380. The lowest BCUT2D eigenvalue weighted by Crippen LogP contribution is -2.53. The van der Waals surface area contributed by atoms with Gasteiger partial charge < -0.3 is 21.1 Å². The molecular formula is C30H32N6O4. The van der Waals surface area contributed by atoms with E-state index in [9.17, 15) is 14.4 Å². The number of benzene rings is 3. The Morgan fingerprint density at radius 1 is 0.825 bits per heavy atom. The molecule has 2 atom stereocenters. The number of rotatable bonds is 13. The highest BCUT2D eigenvalue weighted by molar-refractivity contribution is 5.90. The summed E-state index contributed by atoms with van der Waals surface area (Å²) >= 11 is 0. The Hall–Kier alpha value is -4.99. The summed E-state index contributed by atoms with van der Waals surface area (Å²) in [7, 11) is 0. The van der Waals surface area contributed by atoms with E-state index in [1.54, 1.807) is 4.68 Å². The fraction of sp³-hybridized carbons (Fsp3) is 0.233. The Balaban J connectivity index is 1.39. The summed E-state index contributed by atoms with van der Waals surface area (Å²) in [5.41, 5.74) is 8.94. The van der Waals surface area contributed by atoms with Crippen LogP contribution in [0.25, 0.3) is 11.3 Å². The molecule has 206 valence electrons. The molecule has 0 saturated carbocycles. The van der Waals surface area contributed by atoms with Gasteiger partial charge in [0.25, 0.3) is 0 Å². The summed E-state index contributed by atoms with van der Waals surface area (Å²) in [6.45, 7) is 0.522. The molecule has 4 rings (SSSR count). The molecule has 1 aromatic heterocycles. The zero-order valence-electron chi connectivity index (χ0n) is 22.0. The third kappa shape index (κ3) is 8.52. The van der Waals surface area contributed by atoms with Gasteiger partial charge in [-0.3, -0.25) is 14.3 Å². The van der Waals surface area contributed by atoms with Crippen LogP contribution in [0.4, 0.5) is 4.79 Å². The van der Waals surface area contributed by atoms with Gasteiger partial charge in [-0.15, -0.1) is 5.10 Å². The summed E-state index contributed by atoms with van der Waals surface area (Å²) < 4.78 is 7.01. The maximum Gasteiger partial charge on any atom is 0.408 e. The molecule has 0 aliphatic heterocycles. The smallest absolute Gasteiger partial charge is 0.408 e. The van der Waals surface area contributed by atoms with E-state index in [4.69, 9.17) is 10.5 Å². The highest BCUT2D eigenvalue weighted by Crippen LogP contribution is 2.15. The molecule has 3 aromatic carbocycles. The predicted molar refractivity (Wildman–Crippen MR) is 150 cm³/mol. The van der Waals surface area contributed by atoms with Crippen LogP contribution in [0.1, 0.15) is 24.0 Å². The van der Waals surface area contributed by atoms with Gasteiger partial charge in [-0.25, -0.2) is 4.79 Å². The number of hydrogen-bond acceptors (Lipinski definition) is 6. The minimum atomic E-state index is -0.960. The van der Waals surface area contributed by atoms with Crippen molar-refractivity contribution in [2.45, 2.75) is 44.5 Å². The highest BCUT2D eigenvalue weighted by Gasteiger charge is 2.26. The maximum atomic E-state index is 13.3. The maximum absolute atomic E-state index is 13.3. The van der Waals surface area contributed by atoms with Crippen molar-refractivity contribution >= 4 is 17.9 Å². The average Bonchev–Trinajstić information content (AvgIpc) is 3.45. The summed E-state index contributed by atoms with van der Waals surface area (Å²) in [5, 5.41) is 13.7. The molecule has 0 aliphatic carbocycles. The molecule has 1 heterocycles. The Labute approximate surface area is 232 Å². The van der Waals surface area contributed by atoms with Crippen molar-refractivity contribution in [3.8, 4) is 11.3 Å². The summed E-state index contributed by atoms with van der Waals surface area (Å²) in [5.74, 6) is -1.20. The normalized spacial score (nSPS) is 12.2. The lowest BCUT2D eigenvalue weighted by molar-refractivity contribution is -0.128. The molecular weight excluding hydrogens is 508 g/mol. The lowest BCUT2D eigenvalue weighted by atomic mass is 10.0. The number of aromatic nitrogens is 3. The van der Waals surface area contributed by atoms with E-state index in [-0.39, 0.29) is 19.4 Å². The van der Waals surface area contributed by atoms with Crippen molar-refractivity contribution in [3.05, 3.63) is 108 Å². The fourth-order valence-corrected chi connectivity index (χ4v) is 4.13. The first kappa shape index (κ1) is 28.0. The monoisotopic (exact) mass is 540 g/mol. The molecule has 4 N–H and O–H groups in total. The molecule has 0 radical (unpaired) electrons. The van der Waals surface area contributed by atoms with Gasteiger partial charge in [-0.1, -0.05) is 96.2 Å². The van der Waals surface area contributed by atoms with E-state index >= 15 is 0 Å². The standard InChI is InChI=1S/C30H32N6O4/c31-28(37)26(19-22-11-4-1-5-12-22)32-29(38)25(33-30(39)40-21-23-13-6-2-7-14-23)17-10-18-36-20-27(34-35-36)24-15-8-3-9-16-24/h1-9,11-16,20,25-26H,10,17-19,21H2,(H2,31,37)(H,32,38)(H,33,39)/t25-,26-/m0/s1. The first-order chi connectivity index (χ1) is 19.5. The minimum Gasteiger partial charge on any atom is -0.445 e. The Kier molecular flexibility index (Phi) is 9.98. The van der Waals surface area contributed by atoms with E-state index in [0.717, 1.165) is 22.4 Å². The van der Waals surface area contributed by atoms with Crippen molar-refractivity contribution in [2.75, 3.05) is 0 Å². The molecule has 3 amide bonds. The van der Waals surface area contributed by atoms with Gasteiger partial charge in [0.2, 0.25) is 11.8 Å². The number of amides is 3. The minimum absolute atomic E-state index is 0.0557. The van der Waals surface area contributed by atoms with Crippen LogP contribution in [0.2, 0.25) is 0 Å². The molecule has 40 heavy (non-hydrogen) atoms. The second kappa shape index (κ2) is 14.2. The predicted octanol–water partition coefficient (Wildman–Crippen LogP) is 3.23. The van der Waals surface area contributed by atoms with Gasteiger partial charge in [0.05, 0.1) is 6.20 Å². The fourth-order valence-electron chi connectivity index (χ4n) is 4.13. The SMILES string of the molecule is NC(=O)[C@H](Cc1ccccc1)NC(=O)[C@H](CCCn1cc(-c2ccccc2)nn1)NC(=O)OCc1ccccc1. The molecule has 0 unspecified atom stereocenters. The lowest BCUT2D eigenvalue weighted by Gasteiger charge is -2.22. The van der Waals surface area contributed by atoms with Gasteiger partial charge >= 0.3 is 6.09 Å². The molecule has 0 aliphatic rings. The molecule has 10 heteroatoms. The van der Waals surface area contributed by atoms with E-state index in [0.29, 0.717) is 13.0 Å². The van der Waals surface area contributed by atoms with Crippen molar-refractivity contribution in [3.63, 3.8) is 0 Å². The van der Waals surface area contributed by atoms with Crippen LogP contribution >= 0.6 is 0 Å². The van der Waals surface area contributed by atoms with Crippen LogP contribution < -0.4 is 16.4 Å². The highest BCUT2D eigenvalue weighted by atomic mass is 16.5. The van der Waals surface area contributed by atoms with Gasteiger partial charge in [0.1, 0.15) is 24.4 Å². The third-order valence-corrected chi connectivity index (χ3v) is 6.25. The molecule has 0 fully saturated rings. The molecule has 4 aromatic rings. The number of carbonyl (C=O) groups excluding carboxylic acids is 3. The van der Waals surface area contributed by atoms with Crippen LogP contribution in [0.15, 0.2) is 97.2 Å². The van der Waals surface area contributed by atoms with Crippen LogP contribution in [-0.4, -0.2) is 45.0 Å². The van der Waals surface area contributed by atoms with Crippen LogP contribution in [-0.2, 0) is 33.9 Å². The largest absolute Gasteiger partial charge is 0.445 e. The van der Waals surface area contributed by atoms with Gasteiger partial charge in [-0.2, -0.15) is 0 Å². The number of ether oxygens (including phenoxy) is 1. The zero-order valence-corrected chi connectivity index (χ0v) is 22.0. The molecule has 10 nitrogen and oxygen atoms in total. The zero-order chi connectivity index (χ0) is 28.2. The van der Waals surface area contributed by atoms with Crippen LogP contribution in [0.3, 0.4) is 0 Å². The van der Waals surface area contributed by atoms with Crippen LogP contribution in [0, 0.1) is 0 Å². The summed E-state index contributed by atoms with van der Waals surface area (Å²) in [4.78, 5) is 38.0. The third-order valence-electron chi connectivity index (χ3n) is 6.25. The van der Waals surface area contributed by atoms with E-state index < -0.39 is 30.0 Å².